The van der Waals surface area contributed by atoms with Gasteiger partial charge in [0.1, 0.15) is 11.4 Å². The molecular formula is C13H16ClFO2. The molecule has 0 saturated carbocycles. The monoisotopic (exact) mass is 258 g/mol. The minimum absolute atomic E-state index is 0.0604. The lowest BCUT2D eigenvalue weighted by Crippen LogP contribution is -2.36. The zero-order valence-corrected chi connectivity index (χ0v) is 10.7. The molecule has 0 bridgehead atoms. The second kappa shape index (κ2) is 4.56. The van der Waals surface area contributed by atoms with Crippen LogP contribution in [-0.2, 0) is 10.3 Å². The summed E-state index contributed by atoms with van der Waals surface area (Å²) < 4.78 is 19.0. The first kappa shape index (κ1) is 12.8. The topological polar surface area (TPSA) is 29.5 Å². The van der Waals surface area contributed by atoms with Crippen molar-refractivity contribution in [2.45, 2.75) is 44.5 Å². The second-order valence-corrected chi connectivity index (χ2v) is 5.20. The molecule has 1 aliphatic heterocycles. The summed E-state index contributed by atoms with van der Waals surface area (Å²) in [5.74, 6) is -0.518. The van der Waals surface area contributed by atoms with Crippen LogP contribution in [0.4, 0.5) is 4.39 Å². The van der Waals surface area contributed by atoms with Crippen LogP contribution < -0.4 is 0 Å². The maximum Gasteiger partial charge on any atom is 0.142 e. The maximum atomic E-state index is 13.4. The molecule has 1 heterocycles. The lowest BCUT2D eigenvalue weighted by Gasteiger charge is -2.30. The van der Waals surface area contributed by atoms with E-state index in [0.29, 0.717) is 5.56 Å². The Morgan fingerprint density at radius 3 is 2.71 bits per heavy atom. The summed E-state index contributed by atoms with van der Waals surface area (Å²) in [7, 11) is 0. The summed E-state index contributed by atoms with van der Waals surface area (Å²) in [6.07, 6.45) is 1.54. The van der Waals surface area contributed by atoms with Crippen LogP contribution in [0, 0.1) is 5.82 Å². The van der Waals surface area contributed by atoms with E-state index < -0.39 is 11.4 Å². The van der Waals surface area contributed by atoms with Gasteiger partial charge < -0.3 is 9.84 Å². The van der Waals surface area contributed by atoms with Crippen LogP contribution in [0.15, 0.2) is 18.2 Å². The molecule has 1 aromatic rings. The maximum absolute atomic E-state index is 13.4. The second-order valence-electron chi connectivity index (χ2n) is 4.79. The van der Waals surface area contributed by atoms with E-state index in [4.69, 9.17) is 16.3 Å². The normalized spacial score (nSPS) is 28.1. The van der Waals surface area contributed by atoms with Crippen molar-refractivity contribution in [1.82, 2.24) is 0 Å². The fourth-order valence-electron chi connectivity index (χ4n) is 2.21. The molecule has 17 heavy (non-hydrogen) atoms. The Kier molecular flexibility index (Phi) is 3.43. The number of hydrogen-bond acceptors (Lipinski definition) is 2. The van der Waals surface area contributed by atoms with Crippen LogP contribution in [0.1, 0.15) is 32.3 Å². The zero-order chi connectivity index (χ0) is 12.6. The largest absolute Gasteiger partial charge is 0.383 e. The molecule has 0 amide bonds. The highest BCUT2D eigenvalue weighted by Gasteiger charge is 2.39. The Morgan fingerprint density at radius 2 is 2.18 bits per heavy atom. The summed E-state index contributed by atoms with van der Waals surface area (Å²) in [6, 6.07) is 4.37. The summed E-state index contributed by atoms with van der Waals surface area (Å²) in [5.41, 5.74) is -0.686. The van der Waals surface area contributed by atoms with E-state index in [-0.39, 0.29) is 17.2 Å². The third kappa shape index (κ3) is 2.46. The molecule has 0 aliphatic carbocycles. The molecule has 1 saturated heterocycles. The average molecular weight is 259 g/mol. The third-order valence-electron chi connectivity index (χ3n) is 3.36. The van der Waals surface area contributed by atoms with Crippen LogP contribution in [0.2, 0.25) is 5.02 Å². The predicted octanol–water partition coefficient (Wildman–Crippen LogP) is 3.25. The van der Waals surface area contributed by atoms with Crippen LogP contribution in [0.5, 0.6) is 0 Å². The van der Waals surface area contributed by atoms with Crippen LogP contribution in [-0.4, -0.2) is 17.3 Å². The molecule has 4 heteroatoms. The van der Waals surface area contributed by atoms with Gasteiger partial charge in [-0.05, 0) is 44.4 Å². The quantitative estimate of drug-likeness (QED) is 0.882. The molecule has 0 radical (unpaired) electrons. The van der Waals surface area contributed by atoms with Crippen LogP contribution >= 0.6 is 11.6 Å². The Hall–Kier alpha value is -0.640. The SMILES string of the molecule is CC1CCC([C@](C)(O)c2ccc(Cl)c(F)c2)O1. The molecule has 3 atom stereocenters. The Labute approximate surface area is 105 Å². The number of rotatable bonds is 2. The molecule has 1 N–H and O–H groups in total. The van der Waals surface area contributed by atoms with Gasteiger partial charge in [-0.2, -0.15) is 0 Å². The zero-order valence-electron chi connectivity index (χ0n) is 9.91. The van der Waals surface area contributed by atoms with E-state index in [1.165, 1.54) is 12.1 Å². The first-order chi connectivity index (χ1) is 7.91. The van der Waals surface area contributed by atoms with Gasteiger partial charge in [0, 0.05) is 0 Å². The van der Waals surface area contributed by atoms with Gasteiger partial charge in [0.15, 0.2) is 0 Å². The number of aliphatic hydroxyl groups is 1. The van der Waals surface area contributed by atoms with Crippen molar-refractivity contribution in [3.05, 3.63) is 34.6 Å². The number of hydrogen-bond donors (Lipinski definition) is 1. The molecule has 2 rings (SSSR count). The molecule has 1 fully saturated rings. The highest BCUT2D eigenvalue weighted by atomic mass is 35.5. The van der Waals surface area contributed by atoms with Gasteiger partial charge in [0.05, 0.1) is 17.2 Å². The molecule has 1 aliphatic rings. The van der Waals surface area contributed by atoms with Gasteiger partial charge in [0.2, 0.25) is 0 Å². The van der Waals surface area contributed by atoms with Crippen LogP contribution in [0.25, 0.3) is 0 Å². The molecule has 94 valence electrons. The fourth-order valence-corrected chi connectivity index (χ4v) is 2.33. The van der Waals surface area contributed by atoms with Gasteiger partial charge in [-0.1, -0.05) is 17.7 Å². The molecule has 2 nitrogen and oxygen atoms in total. The van der Waals surface area contributed by atoms with Crippen molar-refractivity contribution in [1.29, 1.82) is 0 Å². The van der Waals surface area contributed by atoms with E-state index in [9.17, 15) is 9.50 Å². The minimum Gasteiger partial charge on any atom is -0.383 e. The lowest BCUT2D eigenvalue weighted by atomic mass is 9.88. The van der Waals surface area contributed by atoms with Gasteiger partial charge in [-0.3, -0.25) is 0 Å². The number of ether oxygens (including phenoxy) is 1. The summed E-state index contributed by atoms with van der Waals surface area (Å²) in [5, 5.41) is 10.5. The highest BCUT2D eigenvalue weighted by molar-refractivity contribution is 6.30. The third-order valence-corrected chi connectivity index (χ3v) is 3.67. The molecule has 2 unspecified atom stereocenters. The van der Waals surface area contributed by atoms with E-state index in [1.807, 2.05) is 6.92 Å². The summed E-state index contributed by atoms with van der Waals surface area (Å²) in [4.78, 5) is 0. The van der Waals surface area contributed by atoms with Crippen molar-refractivity contribution in [3.8, 4) is 0 Å². The molecule has 0 aromatic heterocycles. The van der Waals surface area contributed by atoms with E-state index in [0.717, 1.165) is 12.8 Å². The lowest BCUT2D eigenvalue weighted by molar-refractivity contribution is -0.0944. The molecule has 1 aromatic carbocycles. The summed E-state index contributed by atoms with van der Waals surface area (Å²) in [6.45, 7) is 3.62. The van der Waals surface area contributed by atoms with Crippen molar-refractivity contribution in [2.24, 2.45) is 0 Å². The van der Waals surface area contributed by atoms with E-state index in [2.05, 4.69) is 0 Å². The van der Waals surface area contributed by atoms with Crippen LogP contribution in [0.3, 0.4) is 0 Å². The van der Waals surface area contributed by atoms with E-state index in [1.54, 1.807) is 13.0 Å². The van der Waals surface area contributed by atoms with Crippen molar-refractivity contribution in [3.63, 3.8) is 0 Å². The Balaban J connectivity index is 2.27. The van der Waals surface area contributed by atoms with Crippen molar-refractivity contribution >= 4 is 11.6 Å². The fraction of sp³-hybridized carbons (Fsp3) is 0.538. The van der Waals surface area contributed by atoms with Gasteiger partial charge >= 0.3 is 0 Å². The average Bonchev–Trinajstić information content (AvgIpc) is 2.69. The Morgan fingerprint density at radius 1 is 1.47 bits per heavy atom. The van der Waals surface area contributed by atoms with Gasteiger partial charge in [-0.25, -0.2) is 4.39 Å². The highest BCUT2D eigenvalue weighted by Crippen LogP contribution is 2.35. The van der Waals surface area contributed by atoms with Crippen molar-refractivity contribution in [2.75, 3.05) is 0 Å². The van der Waals surface area contributed by atoms with E-state index >= 15 is 0 Å². The smallest absolute Gasteiger partial charge is 0.142 e. The first-order valence-corrected chi connectivity index (χ1v) is 6.12. The standard InChI is InChI=1S/C13H16ClFO2/c1-8-3-6-12(17-8)13(2,16)9-4-5-10(14)11(15)7-9/h4-5,7-8,12,16H,3,6H2,1-2H3/t8?,12?,13-/m1/s1. The molecule has 0 spiro atoms. The van der Waals surface area contributed by atoms with Crippen molar-refractivity contribution < 1.29 is 14.2 Å². The molecular weight excluding hydrogens is 243 g/mol. The number of halogens is 2. The van der Waals surface area contributed by atoms with Gasteiger partial charge in [-0.15, -0.1) is 0 Å². The minimum atomic E-state index is -1.18. The first-order valence-electron chi connectivity index (χ1n) is 5.74. The van der Waals surface area contributed by atoms with Gasteiger partial charge in [0.25, 0.3) is 0 Å². The Bertz CT molecular complexity index is 420. The predicted molar refractivity (Wildman–Crippen MR) is 64.5 cm³/mol. The number of benzene rings is 1. The summed E-state index contributed by atoms with van der Waals surface area (Å²) >= 11 is 5.63.